The van der Waals surface area contributed by atoms with Crippen LogP contribution in [0.25, 0.3) is 16.8 Å². The molecule has 0 saturated heterocycles. The van der Waals surface area contributed by atoms with Crippen LogP contribution in [0.1, 0.15) is 11.1 Å². The van der Waals surface area contributed by atoms with E-state index in [1.54, 1.807) is 16.8 Å². The Hall–Kier alpha value is -4.96. The van der Waals surface area contributed by atoms with Gasteiger partial charge in [-0.15, -0.1) is 5.10 Å². The molecule has 0 aliphatic heterocycles. The van der Waals surface area contributed by atoms with Crippen molar-refractivity contribution in [2.75, 3.05) is 5.32 Å². The summed E-state index contributed by atoms with van der Waals surface area (Å²) in [6, 6.07) is 32.8. The molecule has 10 heteroatoms. The highest BCUT2D eigenvalue weighted by atomic mass is 32.2. The normalized spacial score (nSPS) is 11.5. The molecular formula is C30H26N6O3S. The maximum atomic E-state index is 12.6. The predicted molar refractivity (Wildman–Crippen MR) is 154 cm³/mol. The number of aliphatic carboxylic acids is 1. The fourth-order valence-electron chi connectivity index (χ4n) is 4.13. The van der Waals surface area contributed by atoms with Crippen molar-refractivity contribution in [2.45, 2.75) is 23.4 Å². The molecule has 5 rings (SSSR count). The van der Waals surface area contributed by atoms with Crippen LogP contribution in [-0.4, -0.2) is 43.4 Å². The number of anilines is 1. The fraction of sp³-hybridized carbons (Fsp3) is 0.100. The van der Waals surface area contributed by atoms with Gasteiger partial charge in [0.2, 0.25) is 5.16 Å². The Labute approximate surface area is 235 Å². The summed E-state index contributed by atoms with van der Waals surface area (Å²) in [5.41, 5.74) is 5.30. The van der Waals surface area contributed by atoms with Gasteiger partial charge in [-0.25, -0.2) is 9.59 Å². The van der Waals surface area contributed by atoms with E-state index in [9.17, 15) is 14.7 Å². The number of carbonyl (C=O) groups is 2. The Bertz CT molecular complexity index is 1580. The zero-order valence-corrected chi connectivity index (χ0v) is 22.2. The molecule has 5 aromatic rings. The molecule has 200 valence electrons. The third-order valence-electron chi connectivity index (χ3n) is 6.09. The van der Waals surface area contributed by atoms with Gasteiger partial charge in [-0.05, 0) is 56.9 Å². The molecule has 0 aliphatic carbocycles. The Balaban J connectivity index is 1.18. The Morgan fingerprint density at radius 2 is 1.50 bits per heavy atom. The molecule has 1 aromatic heterocycles. The van der Waals surface area contributed by atoms with Crippen LogP contribution in [0.5, 0.6) is 0 Å². The van der Waals surface area contributed by atoms with E-state index in [0.29, 0.717) is 16.6 Å². The van der Waals surface area contributed by atoms with Crippen LogP contribution in [0.3, 0.4) is 0 Å². The van der Waals surface area contributed by atoms with Gasteiger partial charge in [0.25, 0.3) is 0 Å². The maximum Gasteiger partial charge on any atom is 0.326 e. The summed E-state index contributed by atoms with van der Waals surface area (Å²) in [5, 5.41) is 27.7. The lowest BCUT2D eigenvalue weighted by Gasteiger charge is -2.16. The van der Waals surface area contributed by atoms with E-state index in [1.807, 2.05) is 97.1 Å². The summed E-state index contributed by atoms with van der Waals surface area (Å²) in [6.07, 6.45) is 0.135. The molecule has 0 radical (unpaired) electrons. The Morgan fingerprint density at radius 3 is 2.23 bits per heavy atom. The number of thioether (sulfide) groups is 1. The van der Waals surface area contributed by atoms with E-state index < -0.39 is 18.0 Å². The standard InChI is InChI=1S/C30H26N6O3S/c37-28(38)27(32-29(39)31-25-16-14-24(15-17-25)23-10-3-1-4-11-23)19-21-8-7-9-22(18-21)20-40-30-33-34-35-36(30)26-12-5-2-6-13-26/h1-18,27H,19-20H2,(H,37,38)(H2,31,32,39). The van der Waals surface area contributed by atoms with Gasteiger partial charge in [-0.1, -0.05) is 96.7 Å². The van der Waals surface area contributed by atoms with Crippen molar-refractivity contribution in [1.29, 1.82) is 0 Å². The third-order valence-corrected chi connectivity index (χ3v) is 7.08. The van der Waals surface area contributed by atoms with Gasteiger partial charge in [0, 0.05) is 17.9 Å². The first-order chi connectivity index (χ1) is 19.5. The zero-order valence-electron chi connectivity index (χ0n) is 21.3. The lowest BCUT2D eigenvalue weighted by Crippen LogP contribution is -2.44. The van der Waals surface area contributed by atoms with Crippen LogP contribution in [0.15, 0.2) is 114 Å². The average molecular weight is 551 g/mol. The van der Waals surface area contributed by atoms with E-state index in [0.717, 1.165) is 27.9 Å². The van der Waals surface area contributed by atoms with Crippen LogP contribution in [0.4, 0.5) is 10.5 Å². The molecule has 40 heavy (non-hydrogen) atoms. The molecule has 1 atom stereocenters. The number of nitrogens with zero attached hydrogens (tertiary/aromatic N) is 4. The van der Waals surface area contributed by atoms with Crippen molar-refractivity contribution in [2.24, 2.45) is 0 Å². The number of hydrogen-bond donors (Lipinski definition) is 3. The topological polar surface area (TPSA) is 122 Å². The fourth-order valence-corrected chi connectivity index (χ4v) is 4.97. The number of amides is 2. The highest BCUT2D eigenvalue weighted by Crippen LogP contribution is 2.24. The molecule has 1 heterocycles. The lowest BCUT2D eigenvalue weighted by molar-refractivity contribution is -0.139. The number of carboxylic acids is 1. The minimum absolute atomic E-state index is 0.135. The number of tetrazole rings is 1. The summed E-state index contributed by atoms with van der Waals surface area (Å²) in [7, 11) is 0. The number of nitrogens with one attached hydrogen (secondary N) is 2. The van der Waals surface area contributed by atoms with Gasteiger partial charge in [0.15, 0.2) is 0 Å². The van der Waals surface area contributed by atoms with Gasteiger partial charge in [-0.2, -0.15) is 4.68 Å². The summed E-state index contributed by atoms with van der Waals surface area (Å²) in [5.74, 6) is -0.525. The second kappa shape index (κ2) is 12.7. The van der Waals surface area contributed by atoms with Crippen LogP contribution in [0, 0.1) is 0 Å². The number of urea groups is 1. The van der Waals surface area contributed by atoms with E-state index >= 15 is 0 Å². The van der Waals surface area contributed by atoms with Crippen LogP contribution in [0.2, 0.25) is 0 Å². The second-order valence-corrected chi connectivity index (χ2v) is 9.90. The summed E-state index contributed by atoms with van der Waals surface area (Å²) in [4.78, 5) is 24.6. The molecule has 0 saturated carbocycles. The van der Waals surface area contributed by atoms with E-state index in [-0.39, 0.29) is 6.42 Å². The van der Waals surface area contributed by atoms with Crippen molar-refractivity contribution < 1.29 is 14.7 Å². The number of rotatable bonds is 10. The van der Waals surface area contributed by atoms with E-state index in [1.165, 1.54) is 11.8 Å². The van der Waals surface area contributed by atoms with Gasteiger partial charge in [0.1, 0.15) is 6.04 Å². The minimum atomic E-state index is -1.11. The number of hydrogen-bond acceptors (Lipinski definition) is 6. The van der Waals surface area contributed by atoms with Gasteiger partial charge in [0.05, 0.1) is 5.69 Å². The molecule has 9 nitrogen and oxygen atoms in total. The minimum Gasteiger partial charge on any atom is -0.480 e. The first kappa shape index (κ1) is 26.6. The summed E-state index contributed by atoms with van der Waals surface area (Å²) < 4.78 is 1.67. The van der Waals surface area contributed by atoms with Crippen molar-refractivity contribution in [3.63, 3.8) is 0 Å². The van der Waals surface area contributed by atoms with Crippen molar-refractivity contribution >= 4 is 29.4 Å². The lowest BCUT2D eigenvalue weighted by atomic mass is 10.0. The first-order valence-electron chi connectivity index (χ1n) is 12.6. The summed E-state index contributed by atoms with van der Waals surface area (Å²) >= 11 is 1.48. The van der Waals surface area contributed by atoms with E-state index in [4.69, 9.17) is 0 Å². The Morgan fingerprint density at radius 1 is 0.825 bits per heavy atom. The third kappa shape index (κ3) is 6.91. The van der Waals surface area contributed by atoms with Crippen molar-refractivity contribution in [3.05, 3.63) is 120 Å². The molecule has 0 fully saturated rings. The van der Waals surface area contributed by atoms with Gasteiger partial charge in [-0.3, -0.25) is 0 Å². The van der Waals surface area contributed by atoms with Crippen LogP contribution < -0.4 is 10.6 Å². The van der Waals surface area contributed by atoms with Gasteiger partial charge >= 0.3 is 12.0 Å². The molecule has 1 unspecified atom stereocenters. The number of benzene rings is 4. The quantitative estimate of drug-likeness (QED) is 0.198. The molecule has 4 aromatic carbocycles. The monoisotopic (exact) mass is 550 g/mol. The molecule has 0 aliphatic rings. The molecule has 0 spiro atoms. The maximum absolute atomic E-state index is 12.6. The molecular weight excluding hydrogens is 524 g/mol. The largest absolute Gasteiger partial charge is 0.480 e. The number of aromatic nitrogens is 4. The number of para-hydroxylation sites is 1. The first-order valence-corrected chi connectivity index (χ1v) is 13.5. The highest BCUT2D eigenvalue weighted by molar-refractivity contribution is 7.98. The highest BCUT2D eigenvalue weighted by Gasteiger charge is 2.21. The zero-order chi connectivity index (χ0) is 27.7. The molecule has 3 N–H and O–H groups in total. The summed E-state index contributed by atoms with van der Waals surface area (Å²) in [6.45, 7) is 0. The second-order valence-electron chi connectivity index (χ2n) is 8.95. The van der Waals surface area contributed by atoms with Crippen LogP contribution >= 0.6 is 11.8 Å². The van der Waals surface area contributed by atoms with Crippen LogP contribution in [-0.2, 0) is 17.0 Å². The predicted octanol–water partition coefficient (Wildman–Crippen LogP) is 5.44. The van der Waals surface area contributed by atoms with Crippen molar-refractivity contribution in [1.82, 2.24) is 25.5 Å². The molecule has 0 bridgehead atoms. The van der Waals surface area contributed by atoms with Crippen molar-refractivity contribution in [3.8, 4) is 16.8 Å². The Kier molecular flexibility index (Phi) is 8.47. The van der Waals surface area contributed by atoms with E-state index in [2.05, 4.69) is 26.2 Å². The number of carboxylic acid groups (broad SMARTS) is 1. The molecule has 2 amide bonds. The van der Waals surface area contributed by atoms with Gasteiger partial charge < -0.3 is 15.7 Å². The average Bonchev–Trinajstić information content (AvgIpc) is 3.46. The SMILES string of the molecule is O=C(Nc1ccc(-c2ccccc2)cc1)NC(Cc1cccc(CSc2nnnn2-c2ccccc2)c1)C(=O)O. The smallest absolute Gasteiger partial charge is 0.326 e. The number of carbonyl (C=O) groups excluding carboxylic acids is 1.